The maximum atomic E-state index is 12.2. The standard InChI is InChI=1S/C18H12ClN3O5/c19-12-6-2-1-5-11(12)15-9-10-16(27-15)17(23)21-18(24)20-13-7-3-4-8-14(13)22(25)26/h1-10H,(H2,20,21,23,24). The molecule has 0 aliphatic carbocycles. The van der Waals surface area contributed by atoms with Gasteiger partial charge >= 0.3 is 6.03 Å². The van der Waals surface area contributed by atoms with Gasteiger partial charge in [0.15, 0.2) is 5.76 Å². The molecule has 0 atom stereocenters. The minimum Gasteiger partial charge on any atom is -0.451 e. The van der Waals surface area contributed by atoms with E-state index in [1.54, 1.807) is 30.3 Å². The Kier molecular flexibility index (Phi) is 5.18. The van der Waals surface area contributed by atoms with Crippen molar-refractivity contribution in [2.75, 3.05) is 5.32 Å². The molecule has 2 N–H and O–H groups in total. The second-order valence-electron chi connectivity index (χ2n) is 5.33. The summed E-state index contributed by atoms with van der Waals surface area (Å²) in [6.07, 6.45) is 0. The number of furan rings is 1. The molecule has 2 aromatic carbocycles. The largest absolute Gasteiger partial charge is 0.451 e. The number of nitro groups is 1. The number of amides is 3. The molecule has 0 bridgehead atoms. The summed E-state index contributed by atoms with van der Waals surface area (Å²) >= 11 is 6.08. The second-order valence-corrected chi connectivity index (χ2v) is 5.73. The molecule has 8 nitrogen and oxygen atoms in total. The fraction of sp³-hybridized carbons (Fsp3) is 0. The van der Waals surface area contributed by atoms with Crippen LogP contribution in [0.2, 0.25) is 5.02 Å². The number of nitro benzene ring substituents is 1. The predicted octanol–water partition coefficient (Wildman–Crippen LogP) is 4.47. The zero-order valence-electron chi connectivity index (χ0n) is 13.6. The van der Waals surface area contributed by atoms with Gasteiger partial charge in [0.2, 0.25) is 0 Å². The normalized spacial score (nSPS) is 10.3. The highest BCUT2D eigenvalue weighted by atomic mass is 35.5. The fourth-order valence-corrected chi connectivity index (χ4v) is 2.55. The smallest absolute Gasteiger partial charge is 0.326 e. The van der Waals surface area contributed by atoms with Gasteiger partial charge in [0.05, 0.1) is 9.95 Å². The highest BCUT2D eigenvalue weighted by molar-refractivity contribution is 6.33. The third-order valence-electron chi connectivity index (χ3n) is 3.55. The van der Waals surface area contributed by atoms with Crippen LogP contribution in [0, 0.1) is 10.1 Å². The Bertz CT molecular complexity index is 1030. The topological polar surface area (TPSA) is 114 Å². The molecule has 0 saturated heterocycles. The number of halogens is 1. The van der Waals surface area contributed by atoms with Gasteiger partial charge in [-0.15, -0.1) is 0 Å². The van der Waals surface area contributed by atoms with Gasteiger partial charge in [0, 0.05) is 11.6 Å². The van der Waals surface area contributed by atoms with E-state index in [4.69, 9.17) is 16.0 Å². The number of rotatable bonds is 4. The van der Waals surface area contributed by atoms with E-state index in [-0.39, 0.29) is 17.1 Å². The number of nitrogens with zero attached hydrogens (tertiary/aromatic N) is 1. The Morgan fingerprint density at radius 2 is 1.70 bits per heavy atom. The Morgan fingerprint density at radius 1 is 1.00 bits per heavy atom. The van der Waals surface area contributed by atoms with E-state index in [2.05, 4.69) is 10.6 Å². The zero-order valence-corrected chi connectivity index (χ0v) is 14.4. The molecule has 0 saturated carbocycles. The number of urea groups is 1. The summed E-state index contributed by atoms with van der Waals surface area (Å²) in [4.78, 5) is 34.4. The summed E-state index contributed by atoms with van der Waals surface area (Å²) in [7, 11) is 0. The minimum atomic E-state index is -0.926. The van der Waals surface area contributed by atoms with Gasteiger partial charge in [-0.25, -0.2) is 4.79 Å². The van der Waals surface area contributed by atoms with Gasteiger partial charge in [0.25, 0.3) is 11.6 Å². The van der Waals surface area contributed by atoms with Crippen LogP contribution in [0.15, 0.2) is 65.1 Å². The van der Waals surface area contributed by atoms with Crippen molar-refractivity contribution in [3.05, 3.63) is 81.6 Å². The molecule has 136 valence electrons. The third kappa shape index (κ3) is 4.13. The van der Waals surface area contributed by atoms with Gasteiger partial charge in [-0.1, -0.05) is 35.9 Å². The van der Waals surface area contributed by atoms with Crippen LogP contribution in [0.4, 0.5) is 16.2 Å². The summed E-state index contributed by atoms with van der Waals surface area (Å²) < 4.78 is 5.44. The maximum absolute atomic E-state index is 12.2. The highest BCUT2D eigenvalue weighted by Crippen LogP contribution is 2.29. The van der Waals surface area contributed by atoms with Crippen molar-refractivity contribution in [2.24, 2.45) is 0 Å². The van der Waals surface area contributed by atoms with Crippen molar-refractivity contribution >= 4 is 34.9 Å². The van der Waals surface area contributed by atoms with Crippen LogP contribution in [0.3, 0.4) is 0 Å². The van der Waals surface area contributed by atoms with E-state index in [9.17, 15) is 19.7 Å². The minimum absolute atomic E-state index is 0.0380. The molecule has 0 aliphatic heterocycles. The number of carbonyl (C=O) groups excluding carboxylic acids is 2. The SMILES string of the molecule is O=C(NC(=O)c1ccc(-c2ccccc2Cl)o1)Nc1ccccc1[N+](=O)[O-]. The number of hydrogen-bond donors (Lipinski definition) is 2. The summed E-state index contributed by atoms with van der Waals surface area (Å²) in [5.74, 6) is -0.545. The quantitative estimate of drug-likeness (QED) is 0.508. The number of nitrogens with one attached hydrogen (secondary N) is 2. The Hall–Kier alpha value is -3.65. The zero-order chi connectivity index (χ0) is 19.4. The van der Waals surface area contributed by atoms with Gasteiger partial charge in [-0.3, -0.25) is 20.2 Å². The van der Waals surface area contributed by atoms with Crippen LogP contribution in [0.5, 0.6) is 0 Å². The van der Waals surface area contributed by atoms with Crippen LogP contribution >= 0.6 is 11.6 Å². The van der Waals surface area contributed by atoms with Crippen LogP contribution in [-0.2, 0) is 0 Å². The lowest BCUT2D eigenvalue weighted by molar-refractivity contribution is -0.383. The van der Waals surface area contributed by atoms with E-state index in [1.165, 1.54) is 30.3 Å². The number of imide groups is 1. The lowest BCUT2D eigenvalue weighted by Gasteiger charge is -2.06. The third-order valence-corrected chi connectivity index (χ3v) is 3.87. The molecule has 1 heterocycles. The number of para-hydroxylation sites is 2. The fourth-order valence-electron chi connectivity index (χ4n) is 2.32. The van der Waals surface area contributed by atoms with Crippen molar-refractivity contribution in [3.63, 3.8) is 0 Å². The van der Waals surface area contributed by atoms with Gasteiger partial charge < -0.3 is 9.73 Å². The lowest BCUT2D eigenvalue weighted by atomic mass is 10.2. The van der Waals surface area contributed by atoms with Gasteiger partial charge in [0.1, 0.15) is 11.4 Å². The lowest BCUT2D eigenvalue weighted by Crippen LogP contribution is -2.34. The first-order valence-electron chi connectivity index (χ1n) is 7.66. The molecule has 27 heavy (non-hydrogen) atoms. The monoisotopic (exact) mass is 385 g/mol. The molecular formula is C18H12ClN3O5. The van der Waals surface area contributed by atoms with Crippen molar-refractivity contribution in [1.82, 2.24) is 5.32 Å². The van der Waals surface area contributed by atoms with E-state index in [0.717, 1.165) is 0 Å². The van der Waals surface area contributed by atoms with Gasteiger partial charge in [-0.05, 0) is 30.3 Å². The summed E-state index contributed by atoms with van der Waals surface area (Å²) in [6, 6.07) is 14.5. The molecule has 0 radical (unpaired) electrons. The van der Waals surface area contributed by atoms with Crippen molar-refractivity contribution in [1.29, 1.82) is 0 Å². The first-order valence-corrected chi connectivity index (χ1v) is 8.04. The van der Waals surface area contributed by atoms with Gasteiger partial charge in [-0.2, -0.15) is 0 Å². The number of benzene rings is 2. The molecule has 3 aromatic rings. The molecular weight excluding hydrogens is 374 g/mol. The molecule has 0 unspecified atom stereocenters. The molecule has 3 amide bonds. The molecule has 3 rings (SSSR count). The van der Waals surface area contributed by atoms with Crippen molar-refractivity contribution < 1.29 is 18.9 Å². The summed E-state index contributed by atoms with van der Waals surface area (Å²) in [5, 5.41) is 15.7. The average Bonchev–Trinajstić information content (AvgIpc) is 3.12. The molecule has 0 spiro atoms. The van der Waals surface area contributed by atoms with Crippen LogP contribution in [-0.4, -0.2) is 16.9 Å². The maximum Gasteiger partial charge on any atom is 0.326 e. The average molecular weight is 386 g/mol. The van der Waals surface area contributed by atoms with Crippen LogP contribution in [0.25, 0.3) is 11.3 Å². The van der Waals surface area contributed by atoms with Crippen molar-refractivity contribution in [3.8, 4) is 11.3 Å². The molecule has 0 fully saturated rings. The molecule has 1 aromatic heterocycles. The number of hydrogen-bond acceptors (Lipinski definition) is 5. The Morgan fingerprint density at radius 3 is 2.44 bits per heavy atom. The second kappa shape index (κ2) is 7.71. The van der Waals surface area contributed by atoms with E-state index < -0.39 is 16.9 Å². The first-order chi connectivity index (χ1) is 13.0. The van der Waals surface area contributed by atoms with E-state index >= 15 is 0 Å². The predicted molar refractivity (Wildman–Crippen MR) is 98.7 cm³/mol. The number of carbonyl (C=O) groups is 2. The van der Waals surface area contributed by atoms with E-state index in [1.807, 2.05) is 0 Å². The Labute approximate surface area is 157 Å². The Balaban J connectivity index is 1.70. The molecule has 9 heteroatoms. The summed E-state index contributed by atoms with van der Waals surface area (Å²) in [6.45, 7) is 0. The molecule has 0 aliphatic rings. The first kappa shape index (κ1) is 18.2. The summed E-state index contributed by atoms with van der Waals surface area (Å²) in [5.41, 5.74) is 0.269. The van der Waals surface area contributed by atoms with E-state index in [0.29, 0.717) is 16.3 Å². The van der Waals surface area contributed by atoms with Crippen LogP contribution in [0.1, 0.15) is 10.6 Å². The highest BCUT2D eigenvalue weighted by Gasteiger charge is 2.19. The van der Waals surface area contributed by atoms with Crippen LogP contribution < -0.4 is 10.6 Å². The van der Waals surface area contributed by atoms with Crippen molar-refractivity contribution in [2.45, 2.75) is 0 Å². The number of anilines is 1.